The molecule has 0 aliphatic carbocycles. The Morgan fingerprint density at radius 2 is 1.90 bits per heavy atom. The molecule has 2 rings (SSSR count). The summed E-state index contributed by atoms with van der Waals surface area (Å²) in [5.74, 6) is -1.65. The van der Waals surface area contributed by atoms with Gasteiger partial charge in [0.2, 0.25) is 0 Å². The van der Waals surface area contributed by atoms with Crippen LogP contribution in [-0.4, -0.2) is 5.78 Å². The molecule has 0 aromatic heterocycles. The molecule has 2 aromatic carbocycles. The quantitative estimate of drug-likeness (QED) is 0.751. The average molecular weight is 297 g/mol. The van der Waals surface area contributed by atoms with E-state index in [-0.39, 0.29) is 27.9 Å². The molecule has 0 heterocycles. The highest BCUT2D eigenvalue weighted by molar-refractivity contribution is 6.30. The summed E-state index contributed by atoms with van der Waals surface area (Å²) >= 11 is 5.66. The van der Waals surface area contributed by atoms with Gasteiger partial charge >= 0.3 is 0 Å². The molecular weight excluding hydrogens is 286 g/mol. The molecule has 0 spiro atoms. The minimum absolute atomic E-state index is 0.0486. The van der Waals surface area contributed by atoms with Crippen LogP contribution in [0.3, 0.4) is 0 Å². The number of Topliss-reactive ketones (excluding diaryl/α,β-unsaturated/α-hetero) is 1. The third-order valence-electron chi connectivity index (χ3n) is 2.78. The first kappa shape index (κ1) is 14.5. The van der Waals surface area contributed by atoms with E-state index in [4.69, 9.17) is 16.3 Å². The van der Waals surface area contributed by atoms with Crippen molar-refractivity contribution in [1.82, 2.24) is 0 Å². The normalized spacial score (nSPS) is 10.4. The van der Waals surface area contributed by atoms with Crippen LogP contribution < -0.4 is 4.74 Å². The summed E-state index contributed by atoms with van der Waals surface area (Å²) in [7, 11) is 0. The van der Waals surface area contributed by atoms with Crippen molar-refractivity contribution in [2.45, 2.75) is 13.8 Å². The van der Waals surface area contributed by atoms with E-state index in [1.807, 2.05) is 0 Å². The van der Waals surface area contributed by atoms with Gasteiger partial charge in [-0.25, -0.2) is 8.78 Å². The maximum absolute atomic E-state index is 13.8. The number of hydrogen-bond acceptors (Lipinski definition) is 2. The Balaban J connectivity index is 2.50. The number of rotatable bonds is 3. The molecule has 0 aliphatic heterocycles. The Kier molecular flexibility index (Phi) is 4.04. The Morgan fingerprint density at radius 1 is 1.20 bits per heavy atom. The van der Waals surface area contributed by atoms with Crippen molar-refractivity contribution in [3.05, 3.63) is 58.1 Å². The second kappa shape index (κ2) is 5.59. The van der Waals surface area contributed by atoms with Gasteiger partial charge in [0.05, 0.1) is 10.6 Å². The lowest BCUT2D eigenvalue weighted by molar-refractivity contribution is 0.101. The van der Waals surface area contributed by atoms with Crippen molar-refractivity contribution in [3.8, 4) is 11.5 Å². The second-order valence-corrected chi connectivity index (χ2v) is 4.71. The molecule has 0 aliphatic rings. The third kappa shape index (κ3) is 2.80. The number of hydrogen-bond donors (Lipinski definition) is 0. The Bertz CT molecular complexity index is 684. The first-order valence-electron chi connectivity index (χ1n) is 5.83. The van der Waals surface area contributed by atoms with E-state index in [0.29, 0.717) is 5.56 Å². The van der Waals surface area contributed by atoms with Crippen molar-refractivity contribution in [3.63, 3.8) is 0 Å². The molecule has 0 atom stereocenters. The fourth-order valence-corrected chi connectivity index (χ4v) is 1.86. The Hall–Kier alpha value is -1.94. The lowest BCUT2D eigenvalue weighted by Crippen LogP contribution is -2.00. The summed E-state index contributed by atoms with van der Waals surface area (Å²) in [5, 5.41) is -0.0919. The number of benzene rings is 2. The molecule has 0 fully saturated rings. The van der Waals surface area contributed by atoms with Crippen molar-refractivity contribution in [2.75, 3.05) is 0 Å². The molecule has 0 saturated carbocycles. The van der Waals surface area contributed by atoms with Gasteiger partial charge in [-0.1, -0.05) is 17.7 Å². The zero-order valence-corrected chi connectivity index (χ0v) is 11.6. The summed E-state index contributed by atoms with van der Waals surface area (Å²) in [5.41, 5.74) is 0.347. The predicted molar refractivity (Wildman–Crippen MR) is 72.6 cm³/mol. The van der Waals surface area contributed by atoms with E-state index in [1.54, 1.807) is 0 Å². The smallest absolute Gasteiger partial charge is 0.184 e. The third-order valence-corrected chi connectivity index (χ3v) is 3.07. The molecule has 104 valence electrons. The highest BCUT2D eigenvalue weighted by Gasteiger charge is 2.15. The Morgan fingerprint density at radius 3 is 2.55 bits per heavy atom. The van der Waals surface area contributed by atoms with Gasteiger partial charge in [-0.05, 0) is 43.7 Å². The topological polar surface area (TPSA) is 26.3 Å². The van der Waals surface area contributed by atoms with Crippen LogP contribution in [0.4, 0.5) is 8.78 Å². The zero-order valence-electron chi connectivity index (χ0n) is 10.8. The minimum Gasteiger partial charge on any atom is -0.453 e. The molecule has 20 heavy (non-hydrogen) atoms. The van der Waals surface area contributed by atoms with Gasteiger partial charge in [-0.15, -0.1) is 0 Å². The summed E-state index contributed by atoms with van der Waals surface area (Å²) in [6.45, 7) is 2.81. The fourth-order valence-electron chi connectivity index (χ4n) is 1.70. The van der Waals surface area contributed by atoms with Crippen LogP contribution in [0.1, 0.15) is 22.8 Å². The summed E-state index contributed by atoms with van der Waals surface area (Å²) in [6, 6.07) is 6.71. The molecule has 2 aromatic rings. The molecule has 0 N–H and O–H groups in total. The highest BCUT2D eigenvalue weighted by atomic mass is 35.5. The fraction of sp³-hybridized carbons (Fsp3) is 0.133. The molecule has 0 amide bonds. The lowest BCUT2D eigenvalue weighted by Gasteiger charge is -2.12. The largest absolute Gasteiger partial charge is 0.453 e. The molecule has 5 heteroatoms. The van der Waals surface area contributed by atoms with Crippen LogP contribution in [0.5, 0.6) is 11.5 Å². The van der Waals surface area contributed by atoms with Crippen LogP contribution in [0.25, 0.3) is 0 Å². The van der Waals surface area contributed by atoms with Gasteiger partial charge < -0.3 is 4.74 Å². The van der Waals surface area contributed by atoms with Gasteiger partial charge in [-0.3, -0.25) is 4.79 Å². The van der Waals surface area contributed by atoms with Gasteiger partial charge in [0, 0.05) is 0 Å². The summed E-state index contributed by atoms with van der Waals surface area (Å²) in [4.78, 5) is 11.5. The maximum Gasteiger partial charge on any atom is 0.184 e. The number of halogens is 3. The summed E-state index contributed by atoms with van der Waals surface area (Å²) < 4.78 is 32.7. The number of carbonyl (C=O) groups excluding carboxylic acids is 1. The van der Waals surface area contributed by atoms with Gasteiger partial charge in [0.15, 0.2) is 17.3 Å². The lowest BCUT2D eigenvalue weighted by atomic mass is 10.1. The molecule has 0 bridgehead atoms. The van der Waals surface area contributed by atoms with Crippen LogP contribution >= 0.6 is 11.6 Å². The molecule has 0 radical (unpaired) electrons. The van der Waals surface area contributed by atoms with Crippen molar-refractivity contribution >= 4 is 17.4 Å². The number of aryl methyl sites for hydroxylation is 1. The number of carbonyl (C=O) groups is 1. The molecule has 2 nitrogen and oxygen atoms in total. The van der Waals surface area contributed by atoms with Gasteiger partial charge in [0.1, 0.15) is 11.6 Å². The van der Waals surface area contributed by atoms with Crippen LogP contribution in [-0.2, 0) is 0 Å². The van der Waals surface area contributed by atoms with E-state index < -0.39 is 11.6 Å². The summed E-state index contributed by atoms with van der Waals surface area (Å²) in [6.07, 6.45) is 0. The second-order valence-electron chi connectivity index (χ2n) is 4.31. The van der Waals surface area contributed by atoms with Crippen molar-refractivity contribution < 1.29 is 18.3 Å². The SMILES string of the molecule is CC(=O)c1cc(F)c(C)cc1Oc1cccc(Cl)c1F. The van der Waals surface area contributed by atoms with E-state index in [2.05, 4.69) is 0 Å². The molecular formula is C15H11ClF2O2. The van der Waals surface area contributed by atoms with Crippen LogP contribution in [0.2, 0.25) is 5.02 Å². The first-order valence-corrected chi connectivity index (χ1v) is 6.21. The Labute approximate surface area is 119 Å². The zero-order chi connectivity index (χ0) is 14.9. The van der Waals surface area contributed by atoms with E-state index >= 15 is 0 Å². The minimum atomic E-state index is -0.731. The van der Waals surface area contributed by atoms with E-state index in [0.717, 1.165) is 6.07 Å². The maximum atomic E-state index is 13.8. The van der Waals surface area contributed by atoms with Crippen molar-refractivity contribution in [2.24, 2.45) is 0 Å². The monoisotopic (exact) mass is 296 g/mol. The predicted octanol–water partition coefficient (Wildman–Crippen LogP) is 4.92. The molecule has 0 saturated heterocycles. The number of ketones is 1. The number of ether oxygens (including phenoxy) is 1. The van der Waals surface area contributed by atoms with E-state index in [9.17, 15) is 13.6 Å². The van der Waals surface area contributed by atoms with Crippen molar-refractivity contribution in [1.29, 1.82) is 0 Å². The van der Waals surface area contributed by atoms with Gasteiger partial charge in [0.25, 0.3) is 0 Å². The first-order chi connectivity index (χ1) is 9.40. The van der Waals surface area contributed by atoms with Gasteiger partial charge in [-0.2, -0.15) is 0 Å². The standard InChI is InChI=1S/C15H11ClF2O2/c1-8-6-14(10(9(2)19)7-12(8)17)20-13-5-3-4-11(16)15(13)18/h3-7H,1-2H3. The molecule has 0 unspecified atom stereocenters. The van der Waals surface area contributed by atoms with Crippen LogP contribution in [0, 0.1) is 18.6 Å². The average Bonchev–Trinajstić information content (AvgIpc) is 2.38. The van der Waals surface area contributed by atoms with Crippen LogP contribution in [0.15, 0.2) is 30.3 Å². The highest BCUT2D eigenvalue weighted by Crippen LogP contribution is 2.32. The van der Waals surface area contributed by atoms with E-state index in [1.165, 1.54) is 38.1 Å².